The SMILES string of the molecule is O=P12OC(C34OP(=O)(OC35OP3(=O)OC5O3)O4)(O1)O2. The summed E-state index contributed by atoms with van der Waals surface area (Å²) < 4.78 is 78.9. The van der Waals surface area contributed by atoms with Gasteiger partial charge in [0.15, 0.2) is 0 Å². The molecule has 1 atom stereocenters. The van der Waals surface area contributed by atoms with Gasteiger partial charge in [-0.15, -0.1) is 0 Å². The van der Waals surface area contributed by atoms with Crippen LogP contribution in [-0.4, -0.2) is 23.8 Å². The zero-order valence-corrected chi connectivity index (χ0v) is 11.0. The Hall–Kier alpha value is 0.330. The van der Waals surface area contributed by atoms with E-state index in [9.17, 15) is 13.7 Å². The number of rotatable bonds is 1. The third-order valence-corrected chi connectivity index (χ3v) is 7.54. The summed E-state index contributed by atoms with van der Waals surface area (Å²) in [6.07, 6.45) is -1.32. The Labute approximate surface area is 102 Å². The quantitative estimate of drug-likeness (QED) is 0.631. The zero-order chi connectivity index (χ0) is 12.9. The van der Waals surface area contributed by atoms with Crippen molar-refractivity contribution in [3.8, 4) is 0 Å². The van der Waals surface area contributed by atoms with Gasteiger partial charge in [-0.3, -0.25) is 0 Å². The lowest BCUT2D eigenvalue weighted by molar-refractivity contribution is -0.544. The third kappa shape index (κ3) is 0.839. The lowest BCUT2D eigenvalue weighted by Crippen LogP contribution is -2.80. The molecule has 19 heavy (non-hydrogen) atoms. The fourth-order valence-electron chi connectivity index (χ4n) is 2.59. The molecule has 9 rings (SSSR count). The molecule has 0 amide bonds. The van der Waals surface area contributed by atoms with Gasteiger partial charge < -0.3 is 0 Å². The molecule has 0 aromatic carbocycles. The van der Waals surface area contributed by atoms with E-state index >= 15 is 0 Å². The predicted molar refractivity (Wildman–Crippen MR) is 44.6 cm³/mol. The second-order valence-corrected chi connectivity index (χ2v) is 8.75. The van der Waals surface area contributed by atoms with Crippen LogP contribution in [0.25, 0.3) is 0 Å². The minimum atomic E-state index is -3.93. The van der Waals surface area contributed by atoms with Crippen LogP contribution in [0.4, 0.5) is 0 Å². The maximum atomic E-state index is 11.8. The van der Waals surface area contributed by atoms with Crippen molar-refractivity contribution in [1.29, 1.82) is 0 Å². The number of phosphoric ester groups is 3. The number of hydrogen-bond acceptors (Lipinski definition) is 12. The van der Waals surface area contributed by atoms with Gasteiger partial charge in [0.2, 0.25) is 6.29 Å². The summed E-state index contributed by atoms with van der Waals surface area (Å²) in [6, 6.07) is 0. The minimum absolute atomic E-state index is 1.32. The zero-order valence-electron chi connectivity index (χ0n) is 8.32. The fraction of sp³-hybridized carbons (Fsp3) is 1.00. The molecule has 9 aliphatic rings. The summed E-state index contributed by atoms with van der Waals surface area (Å²) in [5.74, 6) is -6.27. The Balaban J connectivity index is 1.54. The Bertz CT molecular complexity index is 661. The number of hydrogen-bond donors (Lipinski definition) is 0. The van der Waals surface area contributed by atoms with Crippen molar-refractivity contribution in [1.82, 2.24) is 0 Å². The molecule has 9 saturated heterocycles. The van der Waals surface area contributed by atoms with E-state index in [1.165, 1.54) is 0 Å². The molecule has 1 unspecified atom stereocenters. The summed E-state index contributed by atoms with van der Waals surface area (Å²) in [5.41, 5.74) is 0. The first-order chi connectivity index (χ1) is 8.76. The normalized spacial score (nSPS) is 78.0. The molecular weight excluding hydrogens is 333 g/mol. The Morgan fingerprint density at radius 2 is 1.21 bits per heavy atom. The molecule has 6 bridgehead atoms. The van der Waals surface area contributed by atoms with Crippen molar-refractivity contribution in [2.75, 3.05) is 0 Å². The largest absolute Gasteiger partial charge is 0.488 e. The van der Waals surface area contributed by atoms with Crippen LogP contribution in [0.1, 0.15) is 0 Å². The van der Waals surface area contributed by atoms with Gasteiger partial charge in [0.1, 0.15) is 0 Å². The maximum absolute atomic E-state index is 11.8. The molecule has 0 radical (unpaired) electrons. The highest BCUT2D eigenvalue weighted by Crippen LogP contribution is 2.95. The van der Waals surface area contributed by atoms with E-state index in [0.717, 1.165) is 0 Å². The molecule has 0 aliphatic carbocycles. The smallest absolute Gasteiger partial charge is 0.250 e. The van der Waals surface area contributed by atoms with E-state index in [2.05, 4.69) is 0 Å². The van der Waals surface area contributed by atoms with E-state index in [0.29, 0.717) is 0 Å². The van der Waals surface area contributed by atoms with Crippen molar-refractivity contribution in [3.05, 3.63) is 0 Å². The van der Waals surface area contributed by atoms with Crippen molar-refractivity contribution >= 4 is 23.5 Å². The van der Waals surface area contributed by atoms with Gasteiger partial charge >= 0.3 is 41.0 Å². The van der Waals surface area contributed by atoms with Gasteiger partial charge in [-0.1, -0.05) is 0 Å². The van der Waals surface area contributed by atoms with Crippen LogP contribution < -0.4 is 0 Å². The van der Waals surface area contributed by atoms with Crippen molar-refractivity contribution < 1.29 is 54.4 Å². The highest BCUT2D eigenvalue weighted by atomic mass is 31.2. The summed E-state index contributed by atoms with van der Waals surface area (Å²) in [5, 5.41) is 0. The van der Waals surface area contributed by atoms with Gasteiger partial charge in [-0.05, 0) is 0 Å². The van der Waals surface area contributed by atoms with E-state index in [-0.39, 0.29) is 0 Å². The fourth-order valence-corrected chi connectivity index (χ4v) is 7.13. The van der Waals surface area contributed by atoms with Crippen LogP contribution in [0.5, 0.6) is 0 Å². The van der Waals surface area contributed by atoms with E-state index < -0.39 is 47.3 Å². The maximum Gasteiger partial charge on any atom is 0.488 e. The molecule has 0 aromatic rings. The summed E-state index contributed by atoms with van der Waals surface area (Å²) in [7, 11) is -11.3. The molecule has 9 fully saturated rings. The first-order valence-corrected chi connectivity index (χ1v) is 9.26. The molecule has 104 valence electrons. The van der Waals surface area contributed by atoms with E-state index in [4.69, 9.17) is 40.7 Å². The molecule has 15 heteroatoms. The Morgan fingerprint density at radius 3 is 1.68 bits per heavy atom. The van der Waals surface area contributed by atoms with Crippen LogP contribution in [0.2, 0.25) is 0 Å². The van der Waals surface area contributed by atoms with Crippen molar-refractivity contribution in [3.63, 3.8) is 0 Å². The van der Waals surface area contributed by atoms with E-state index in [1.807, 2.05) is 0 Å². The van der Waals surface area contributed by atoms with Crippen LogP contribution in [0.3, 0.4) is 0 Å². The average Bonchev–Trinajstić information content (AvgIpc) is 2.71. The second-order valence-electron chi connectivity index (χ2n) is 4.36. The van der Waals surface area contributed by atoms with Crippen molar-refractivity contribution in [2.45, 2.75) is 23.8 Å². The first-order valence-electron chi connectivity index (χ1n) is 4.88. The lowest BCUT2D eigenvalue weighted by Gasteiger charge is -2.62. The lowest BCUT2D eigenvalue weighted by atomic mass is 10.0. The van der Waals surface area contributed by atoms with Gasteiger partial charge in [-0.25, -0.2) is 54.4 Å². The summed E-state index contributed by atoms with van der Waals surface area (Å²) >= 11 is 0. The van der Waals surface area contributed by atoms with Crippen LogP contribution >= 0.6 is 23.5 Å². The van der Waals surface area contributed by atoms with Gasteiger partial charge in [-0.2, -0.15) is 0 Å². The van der Waals surface area contributed by atoms with Gasteiger partial charge in [0.25, 0.3) is 0 Å². The van der Waals surface area contributed by atoms with Gasteiger partial charge in [0.05, 0.1) is 0 Å². The van der Waals surface area contributed by atoms with Crippen LogP contribution in [0, 0.1) is 0 Å². The summed E-state index contributed by atoms with van der Waals surface area (Å²) in [6.45, 7) is 0. The molecule has 1 spiro atoms. The topological polar surface area (TPSA) is 134 Å². The Morgan fingerprint density at radius 1 is 0.684 bits per heavy atom. The molecule has 9 aliphatic heterocycles. The molecule has 0 aromatic heterocycles. The van der Waals surface area contributed by atoms with E-state index in [1.54, 1.807) is 0 Å². The number of phosphoric acid groups is 3. The first kappa shape index (κ1) is 11.0. The molecule has 0 N–H and O–H groups in total. The molecule has 12 nitrogen and oxygen atoms in total. The minimum Gasteiger partial charge on any atom is -0.250 e. The third-order valence-electron chi connectivity index (χ3n) is 3.29. The van der Waals surface area contributed by atoms with Crippen LogP contribution in [-0.2, 0) is 54.4 Å². The Kier molecular flexibility index (Phi) is 1.36. The van der Waals surface area contributed by atoms with Crippen molar-refractivity contribution in [2.24, 2.45) is 0 Å². The molecular formula is C4HO12P3. The van der Waals surface area contributed by atoms with Gasteiger partial charge in [0, 0.05) is 0 Å². The summed E-state index contributed by atoms with van der Waals surface area (Å²) in [4.78, 5) is 0. The highest BCUT2D eigenvalue weighted by molar-refractivity contribution is 7.52. The standard InChI is InChI=1S/C4HO12P3/c5-17-8-1(9-17)2(10-17)3(12-18(6,11-2)13-3)4-14-19(7,15-4)16-4/h1H. The average molecular weight is 334 g/mol. The molecule has 9 heterocycles. The second kappa shape index (κ2) is 2.36. The van der Waals surface area contributed by atoms with Crippen LogP contribution in [0.15, 0.2) is 0 Å². The monoisotopic (exact) mass is 334 g/mol. The predicted octanol–water partition coefficient (Wildman–Crippen LogP) is 0.914. The highest BCUT2D eigenvalue weighted by Gasteiger charge is 3.04. The molecule has 0 saturated carbocycles.